The molecule has 0 spiro atoms. The van der Waals surface area contributed by atoms with Crippen molar-refractivity contribution in [3.8, 4) is 11.5 Å². The summed E-state index contributed by atoms with van der Waals surface area (Å²) in [5.74, 6) is 1.23. The van der Waals surface area contributed by atoms with Crippen molar-refractivity contribution >= 4 is 5.91 Å². The van der Waals surface area contributed by atoms with E-state index in [1.54, 1.807) is 0 Å². The maximum Gasteiger partial charge on any atom is 0.226 e. The Morgan fingerprint density at radius 3 is 2.41 bits per heavy atom. The molecule has 5 nitrogen and oxygen atoms in total. The summed E-state index contributed by atoms with van der Waals surface area (Å²) >= 11 is 0. The Balaban J connectivity index is 1.41. The lowest BCUT2D eigenvalue weighted by atomic mass is 10.1. The van der Waals surface area contributed by atoms with E-state index in [0.717, 1.165) is 18.7 Å². The third-order valence-corrected chi connectivity index (χ3v) is 5.50. The first-order chi connectivity index (χ1) is 14.2. The van der Waals surface area contributed by atoms with E-state index < -0.39 is 0 Å². The standard InChI is InChI=1S/C24H27N3O2/c1-18-21(26-24(29-18)20-12-6-3-7-13-20)16-23(28)25-17-22(27-14-8-9-15-27)19-10-4-2-5-11-19/h2-7,10-13,22H,8-9,14-17H2,1H3,(H,25,28). The van der Waals surface area contributed by atoms with E-state index >= 15 is 0 Å². The zero-order valence-corrected chi connectivity index (χ0v) is 16.8. The zero-order chi connectivity index (χ0) is 20.1. The normalized spacial score (nSPS) is 15.3. The fourth-order valence-corrected chi connectivity index (χ4v) is 3.91. The summed E-state index contributed by atoms with van der Waals surface area (Å²) in [4.78, 5) is 19.7. The largest absolute Gasteiger partial charge is 0.441 e. The molecule has 5 heteroatoms. The molecular weight excluding hydrogens is 362 g/mol. The highest BCUT2D eigenvalue weighted by atomic mass is 16.4. The predicted octanol–water partition coefficient (Wildman–Crippen LogP) is 4.15. The van der Waals surface area contributed by atoms with Gasteiger partial charge in [-0.3, -0.25) is 9.69 Å². The van der Waals surface area contributed by atoms with Crippen LogP contribution in [0.5, 0.6) is 0 Å². The molecule has 1 unspecified atom stereocenters. The monoisotopic (exact) mass is 389 g/mol. The van der Waals surface area contributed by atoms with E-state index in [-0.39, 0.29) is 18.4 Å². The number of aryl methyl sites for hydroxylation is 1. The molecule has 2 heterocycles. The number of aromatic nitrogens is 1. The molecule has 1 aromatic heterocycles. The van der Waals surface area contributed by atoms with Crippen molar-refractivity contribution < 1.29 is 9.21 Å². The summed E-state index contributed by atoms with van der Waals surface area (Å²) in [6.07, 6.45) is 2.67. The minimum absolute atomic E-state index is 0.0267. The maximum absolute atomic E-state index is 12.6. The second-order valence-corrected chi connectivity index (χ2v) is 7.54. The molecule has 1 aliphatic heterocycles. The molecular formula is C24H27N3O2. The van der Waals surface area contributed by atoms with Gasteiger partial charge in [0.25, 0.3) is 0 Å². The van der Waals surface area contributed by atoms with Crippen LogP contribution >= 0.6 is 0 Å². The fraction of sp³-hybridized carbons (Fsp3) is 0.333. The van der Waals surface area contributed by atoms with Crippen LogP contribution in [0.15, 0.2) is 65.1 Å². The smallest absolute Gasteiger partial charge is 0.226 e. The van der Waals surface area contributed by atoms with Gasteiger partial charge in [-0.1, -0.05) is 48.5 Å². The van der Waals surface area contributed by atoms with Crippen LogP contribution < -0.4 is 5.32 Å². The molecule has 150 valence electrons. The number of nitrogens with zero attached hydrogens (tertiary/aromatic N) is 2. The molecule has 3 aromatic rings. The van der Waals surface area contributed by atoms with Gasteiger partial charge in [-0.2, -0.15) is 0 Å². The Morgan fingerprint density at radius 2 is 1.72 bits per heavy atom. The van der Waals surface area contributed by atoms with Crippen LogP contribution in [-0.2, 0) is 11.2 Å². The van der Waals surface area contributed by atoms with Crippen molar-refractivity contribution in [1.82, 2.24) is 15.2 Å². The minimum Gasteiger partial charge on any atom is -0.441 e. The molecule has 4 rings (SSSR count). The van der Waals surface area contributed by atoms with Crippen molar-refractivity contribution in [2.45, 2.75) is 32.2 Å². The third kappa shape index (κ3) is 4.74. The summed E-state index contributed by atoms with van der Waals surface area (Å²) in [7, 11) is 0. The molecule has 0 saturated carbocycles. The van der Waals surface area contributed by atoms with Crippen molar-refractivity contribution in [1.29, 1.82) is 0 Å². The zero-order valence-electron chi connectivity index (χ0n) is 16.8. The van der Waals surface area contributed by atoms with Gasteiger partial charge in [-0.15, -0.1) is 0 Å². The predicted molar refractivity (Wildman–Crippen MR) is 113 cm³/mol. The Labute approximate surface area is 171 Å². The summed E-state index contributed by atoms with van der Waals surface area (Å²) < 4.78 is 5.78. The van der Waals surface area contributed by atoms with Crippen LogP contribution in [-0.4, -0.2) is 35.4 Å². The first-order valence-electron chi connectivity index (χ1n) is 10.3. The molecule has 1 fully saturated rings. The van der Waals surface area contributed by atoms with E-state index in [4.69, 9.17) is 4.42 Å². The van der Waals surface area contributed by atoms with Gasteiger partial charge in [0.15, 0.2) is 0 Å². The highest BCUT2D eigenvalue weighted by Gasteiger charge is 2.24. The lowest BCUT2D eigenvalue weighted by molar-refractivity contribution is -0.120. The number of carbonyl (C=O) groups is 1. The summed E-state index contributed by atoms with van der Waals surface area (Å²) in [6, 6.07) is 20.4. The average Bonchev–Trinajstić information content (AvgIpc) is 3.40. The Hall–Kier alpha value is -2.92. The molecule has 2 aromatic carbocycles. The Kier molecular flexibility index (Phi) is 6.06. The van der Waals surface area contributed by atoms with Gasteiger partial charge >= 0.3 is 0 Å². The van der Waals surface area contributed by atoms with Gasteiger partial charge in [0, 0.05) is 12.1 Å². The lowest BCUT2D eigenvalue weighted by Gasteiger charge is -2.28. The molecule has 1 atom stereocenters. The number of rotatable bonds is 7. The highest BCUT2D eigenvalue weighted by molar-refractivity contribution is 5.78. The number of oxazole rings is 1. The van der Waals surface area contributed by atoms with Gasteiger partial charge in [0.1, 0.15) is 5.76 Å². The number of amides is 1. The molecule has 1 saturated heterocycles. The molecule has 1 N–H and O–H groups in total. The van der Waals surface area contributed by atoms with Crippen LogP contribution in [0.4, 0.5) is 0 Å². The number of carbonyl (C=O) groups excluding carboxylic acids is 1. The Bertz CT molecular complexity index is 931. The van der Waals surface area contributed by atoms with E-state index in [9.17, 15) is 4.79 Å². The first kappa shape index (κ1) is 19.4. The molecule has 0 bridgehead atoms. The topological polar surface area (TPSA) is 58.4 Å². The van der Waals surface area contributed by atoms with Gasteiger partial charge in [-0.05, 0) is 50.6 Å². The number of hydrogen-bond donors (Lipinski definition) is 1. The molecule has 1 aliphatic rings. The SMILES string of the molecule is Cc1oc(-c2ccccc2)nc1CC(=O)NCC(c1ccccc1)N1CCCC1. The van der Waals surface area contributed by atoms with E-state index in [1.165, 1.54) is 18.4 Å². The molecule has 0 radical (unpaired) electrons. The number of nitrogens with one attached hydrogen (secondary N) is 1. The number of benzene rings is 2. The highest BCUT2D eigenvalue weighted by Crippen LogP contribution is 2.25. The van der Waals surface area contributed by atoms with Crippen molar-refractivity contribution in [2.75, 3.05) is 19.6 Å². The van der Waals surface area contributed by atoms with E-state index in [1.807, 2.05) is 43.3 Å². The second kappa shape index (κ2) is 9.05. The third-order valence-electron chi connectivity index (χ3n) is 5.50. The summed E-state index contributed by atoms with van der Waals surface area (Å²) in [6.45, 7) is 4.63. The minimum atomic E-state index is -0.0267. The Morgan fingerprint density at radius 1 is 1.07 bits per heavy atom. The van der Waals surface area contributed by atoms with Crippen LogP contribution in [0.25, 0.3) is 11.5 Å². The number of hydrogen-bond acceptors (Lipinski definition) is 4. The van der Waals surface area contributed by atoms with Crippen molar-refractivity contribution in [2.24, 2.45) is 0 Å². The van der Waals surface area contributed by atoms with Gasteiger partial charge in [0.2, 0.25) is 11.8 Å². The van der Waals surface area contributed by atoms with Crippen LogP contribution in [0, 0.1) is 6.92 Å². The van der Waals surface area contributed by atoms with Crippen molar-refractivity contribution in [3.05, 3.63) is 77.7 Å². The van der Waals surface area contributed by atoms with Gasteiger partial charge < -0.3 is 9.73 Å². The summed E-state index contributed by atoms with van der Waals surface area (Å²) in [5, 5.41) is 3.12. The molecule has 0 aliphatic carbocycles. The second-order valence-electron chi connectivity index (χ2n) is 7.54. The van der Waals surface area contributed by atoms with E-state index in [2.05, 4.69) is 39.5 Å². The number of likely N-dealkylation sites (tertiary alicyclic amines) is 1. The molecule has 29 heavy (non-hydrogen) atoms. The van der Waals surface area contributed by atoms with E-state index in [0.29, 0.717) is 23.9 Å². The van der Waals surface area contributed by atoms with Crippen LogP contribution in [0.1, 0.15) is 35.9 Å². The van der Waals surface area contributed by atoms with Gasteiger partial charge in [-0.25, -0.2) is 4.98 Å². The fourth-order valence-electron chi connectivity index (χ4n) is 3.91. The maximum atomic E-state index is 12.6. The van der Waals surface area contributed by atoms with Gasteiger partial charge in [0.05, 0.1) is 18.2 Å². The van der Waals surface area contributed by atoms with Crippen molar-refractivity contribution in [3.63, 3.8) is 0 Å². The summed E-state index contributed by atoms with van der Waals surface area (Å²) in [5.41, 5.74) is 2.86. The van der Waals surface area contributed by atoms with Crippen LogP contribution in [0.2, 0.25) is 0 Å². The van der Waals surface area contributed by atoms with Crippen LogP contribution in [0.3, 0.4) is 0 Å². The lowest BCUT2D eigenvalue weighted by Crippen LogP contribution is -2.37. The first-order valence-corrected chi connectivity index (χ1v) is 10.3. The quantitative estimate of drug-likeness (QED) is 0.660. The molecule has 1 amide bonds. The average molecular weight is 389 g/mol.